The number of hydrogen-bond acceptors (Lipinski definition) is 3. The van der Waals surface area contributed by atoms with Gasteiger partial charge in [-0.15, -0.1) is 11.3 Å². The summed E-state index contributed by atoms with van der Waals surface area (Å²) in [7, 11) is 0. The topological polar surface area (TPSA) is 46.5 Å². The number of ether oxygens (including phenoxy) is 1. The number of carboxylic acid groups (broad SMARTS) is 1. The summed E-state index contributed by atoms with van der Waals surface area (Å²) in [5.74, 6) is -0.756. The number of aliphatic carboxylic acids is 1. The summed E-state index contributed by atoms with van der Waals surface area (Å²) < 4.78 is 5.60. The van der Waals surface area contributed by atoms with E-state index in [1.54, 1.807) is 0 Å². The molecule has 0 fully saturated rings. The first kappa shape index (κ1) is 13.6. The zero-order chi connectivity index (χ0) is 13.8. The Labute approximate surface area is 116 Å². The van der Waals surface area contributed by atoms with Crippen molar-refractivity contribution in [1.82, 2.24) is 0 Å². The molecule has 0 aliphatic rings. The van der Waals surface area contributed by atoms with Crippen molar-refractivity contribution in [2.75, 3.05) is 6.61 Å². The fourth-order valence-electron chi connectivity index (χ4n) is 1.80. The Balaban J connectivity index is 2.08. The molecule has 0 aliphatic carbocycles. The molecule has 0 saturated heterocycles. The van der Waals surface area contributed by atoms with Crippen molar-refractivity contribution in [2.45, 2.75) is 19.8 Å². The summed E-state index contributed by atoms with van der Waals surface area (Å²) in [5, 5.41) is 9.30. The lowest BCUT2D eigenvalue weighted by atomic mass is 10.1. The van der Waals surface area contributed by atoms with Crippen molar-refractivity contribution >= 4 is 17.3 Å². The van der Waals surface area contributed by atoms with Crippen LogP contribution in [-0.4, -0.2) is 17.7 Å². The van der Waals surface area contributed by atoms with Crippen molar-refractivity contribution in [3.8, 4) is 5.75 Å². The highest BCUT2D eigenvalue weighted by Crippen LogP contribution is 2.26. The molecule has 2 aromatic rings. The Bertz CT molecular complexity index is 574. The van der Waals surface area contributed by atoms with Gasteiger partial charge in [-0.25, -0.2) is 0 Å². The smallest absolute Gasteiger partial charge is 0.315 e. The molecule has 19 heavy (non-hydrogen) atoms. The molecule has 0 aliphatic heterocycles. The average Bonchev–Trinajstić information content (AvgIpc) is 2.76. The largest absolute Gasteiger partial charge is 0.492 e. The van der Waals surface area contributed by atoms with E-state index < -0.39 is 11.9 Å². The second-order valence-electron chi connectivity index (χ2n) is 4.47. The van der Waals surface area contributed by atoms with Crippen LogP contribution in [0.25, 0.3) is 0 Å². The Hall–Kier alpha value is -1.81. The first-order valence-electron chi connectivity index (χ1n) is 6.05. The van der Waals surface area contributed by atoms with E-state index in [0.29, 0.717) is 5.75 Å². The van der Waals surface area contributed by atoms with Crippen molar-refractivity contribution in [1.29, 1.82) is 0 Å². The van der Waals surface area contributed by atoms with Gasteiger partial charge in [0.15, 0.2) is 0 Å². The van der Waals surface area contributed by atoms with Crippen LogP contribution in [-0.2, 0) is 4.79 Å². The second kappa shape index (κ2) is 5.89. The second-order valence-corrected chi connectivity index (χ2v) is 5.79. The normalized spacial score (nSPS) is 12.1. The summed E-state index contributed by atoms with van der Waals surface area (Å²) in [4.78, 5) is 13.3. The van der Waals surface area contributed by atoms with Gasteiger partial charge in [0.25, 0.3) is 0 Å². The molecule has 0 radical (unpaired) electrons. The van der Waals surface area contributed by atoms with E-state index in [-0.39, 0.29) is 6.61 Å². The third kappa shape index (κ3) is 3.58. The monoisotopic (exact) mass is 276 g/mol. The fraction of sp³-hybridized carbons (Fsp3) is 0.267. The SMILES string of the molecule is Cc1cccc(OCC(C(=O)O)c2ccc(C)s2)c1. The van der Waals surface area contributed by atoms with Gasteiger partial charge in [-0.3, -0.25) is 4.79 Å². The maximum Gasteiger partial charge on any atom is 0.315 e. The molecule has 1 aromatic carbocycles. The summed E-state index contributed by atoms with van der Waals surface area (Å²) in [5.41, 5.74) is 1.09. The van der Waals surface area contributed by atoms with Crippen LogP contribution >= 0.6 is 11.3 Å². The third-order valence-corrected chi connectivity index (χ3v) is 3.92. The molecule has 0 saturated carbocycles. The van der Waals surface area contributed by atoms with Crippen LogP contribution in [0.5, 0.6) is 5.75 Å². The quantitative estimate of drug-likeness (QED) is 0.907. The van der Waals surface area contributed by atoms with Crippen LogP contribution in [0, 0.1) is 13.8 Å². The molecule has 1 aromatic heterocycles. The Morgan fingerprint density at radius 1 is 1.32 bits per heavy atom. The molecule has 4 heteroatoms. The highest BCUT2D eigenvalue weighted by Gasteiger charge is 2.22. The van der Waals surface area contributed by atoms with Crippen molar-refractivity contribution in [3.63, 3.8) is 0 Å². The molecule has 3 nitrogen and oxygen atoms in total. The minimum atomic E-state index is -0.852. The molecule has 1 heterocycles. The number of thiophene rings is 1. The number of carboxylic acids is 1. The van der Waals surface area contributed by atoms with E-state index in [9.17, 15) is 9.90 Å². The molecule has 0 bridgehead atoms. The van der Waals surface area contributed by atoms with Crippen molar-refractivity contribution in [2.24, 2.45) is 0 Å². The molecule has 1 unspecified atom stereocenters. The van der Waals surface area contributed by atoms with Gasteiger partial charge in [0.1, 0.15) is 18.3 Å². The molecule has 2 rings (SSSR count). The molecule has 0 amide bonds. The first-order valence-corrected chi connectivity index (χ1v) is 6.86. The van der Waals surface area contributed by atoms with Crippen LogP contribution in [0.1, 0.15) is 21.2 Å². The van der Waals surface area contributed by atoms with Gasteiger partial charge in [0.2, 0.25) is 0 Å². The minimum Gasteiger partial charge on any atom is -0.492 e. The number of rotatable bonds is 5. The molecule has 0 spiro atoms. The van der Waals surface area contributed by atoms with E-state index in [0.717, 1.165) is 15.3 Å². The van der Waals surface area contributed by atoms with E-state index in [2.05, 4.69) is 0 Å². The Kier molecular flexibility index (Phi) is 4.22. The fourth-order valence-corrected chi connectivity index (χ4v) is 2.76. The molecular weight excluding hydrogens is 260 g/mol. The Morgan fingerprint density at radius 3 is 2.68 bits per heavy atom. The van der Waals surface area contributed by atoms with E-state index >= 15 is 0 Å². The first-order chi connectivity index (χ1) is 9.06. The molecule has 1 atom stereocenters. The highest BCUT2D eigenvalue weighted by molar-refractivity contribution is 7.12. The van der Waals surface area contributed by atoms with Crippen LogP contribution in [0.2, 0.25) is 0 Å². The van der Waals surface area contributed by atoms with Gasteiger partial charge in [-0.2, -0.15) is 0 Å². The maximum absolute atomic E-state index is 11.3. The van der Waals surface area contributed by atoms with Gasteiger partial charge in [-0.05, 0) is 43.7 Å². The maximum atomic E-state index is 11.3. The lowest BCUT2D eigenvalue weighted by Gasteiger charge is -2.12. The van der Waals surface area contributed by atoms with Crippen LogP contribution in [0.4, 0.5) is 0 Å². The van der Waals surface area contributed by atoms with Gasteiger partial charge in [0.05, 0.1) is 0 Å². The summed E-state index contributed by atoms with van der Waals surface area (Å²) >= 11 is 1.50. The lowest BCUT2D eigenvalue weighted by Crippen LogP contribution is -2.18. The number of aryl methyl sites for hydroxylation is 2. The molecule has 100 valence electrons. The number of carbonyl (C=O) groups is 1. The molecule has 1 N–H and O–H groups in total. The minimum absolute atomic E-state index is 0.152. The standard InChI is InChI=1S/C15H16O3S/c1-10-4-3-5-12(8-10)18-9-13(15(16)17)14-7-6-11(2)19-14/h3-8,13H,9H2,1-2H3,(H,16,17). The third-order valence-electron chi connectivity index (χ3n) is 2.81. The van der Waals surface area contributed by atoms with Gasteiger partial charge >= 0.3 is 5.97 Å². The van der Waals surface area contributed by atoms with Crippen molar-refractivity contribution < 1.29 is 14.6 Å². The average molecular weight is 276 g/mol. The van der Waals surface area contributed by atoms with E-state index in [1.165, 1.54) is 11.3 Å². The van der Waals surface area contributed by atoms with Crippen LogP contribution < -0.4 is 4.74 Å². The van der Waals surface area contributed by atoms with Crippen LogP contribution in [0.15, 0.2) is 36.4 Å². The zero-order valence-electron chi connectivity index (χ0n) is 10.9. The summed E-state index contributed by atoms with van der Waals surface area (Å²) in [6.07, 6.45) is 0. The van der Waals surface area contributed by atoms with E-state index in [4.69, 9.17) is 4.74 Å². The van der Waals surface area contributed by atoms with Gasteiger partial charge < -0.3 is 9.84 Å². The highest BCUT2D eigenvalue weighted by atomic mass is 32.1. The van der Waals surface area contributed by atoms with Gasteiger partial charge in [-0.1, -0.05) is 12.1 Å². The van der Waals surface area contributed by atoms with Crippen LogP contribution in [0.3, 0.4) is 0 Å². The predicted octanol–water partition coefficient (Wildman–Crippen LogP) is 3.61. The molecular formula is C15H16O3S. The predicted molar refractivity (Wildman–Crippen MR) is 76.1 cm³/mol. The summed E-state index contributed by atoms with van der Waals surface area (Å²) in [6.45, 7) is 4.09. The summed E-state index contributed by atoms with van der Waals surface area (Å²) in [6, 6.07) is 11.4. The number of benzene rings is 1. The zero-order valence-corrected chi connectivity index (χ0v) is 11.7. The van der Waals surface area contributed by atoms with Gasteiger partial charge in [0, 0.05) is 9.75 Å². The van der Waals surface area contributed by atoms with Crippen molar-refractivity contribution in [3.05, 3.63) is 51.7 Å². The lowest BCUT2D eigenvalue weighted by molar-refractivity contribution is -0.139. The van der Waals surface area contributed by atoms with E-state index in [1.807, 2.05) is 50.2 Å². The number of hydrogen-bond donors (Lipinski definition) is 1. The Morgan fingerprint density at radius 2 is 2.11 bits per heavy atom.